The van der Waals surface area contributed by atoms with E-state index in [2.05, 4.69) is 10.1 Å². The molecule has 106 valence electrons. The summed E-state index contributed by atoms with van der Waals surface area (Å²) >= 11 is 0. The maximum absolute atomic E-state index is 12.6. The molecule has 2 aromatic rings. The van der Waals surface area contributed by atoms with Crippen LogP contribution in [-0.4, -0.2) is 49.7 Å². The molecule has 1 saturated heterocycles. The van der Waals surface area contributed by atoms with Crippen molar-refractivity contribution in [3.8, 4) is 0 Å². The minimum Gasteiger partial charge on any atom is -0.394 e. The van der Waals surface area contributed by atoms with Crippen LogP contribution in [0.3, 0.4) is 0 Å². The second-order valence-corrected chi connectivity index (χ2v) is 5.29. The molecule has 1 fully saturated rings. The van der Waals surface area contributed by atoms with E-state index < -0.39 is 0 Å². The zero-order valence-corrected chi connectivity index (χ0v) is 11.7. The Kier molecular flexibility index (Phi) is 3.17. The lowest BCUT2D eigenvalue weighted by Gasteiger charge is -2.23. The molecule has 0 radical (unpaired) electrons. The Hall–Kier alpha value is -1.95. The fraction of sp³-hybridized carbons (Fsp3) is 0.500. The number of hydrogen-bond donors (Lipinski definition) is 1. The van der Waals surface area contributed by atoms with Crippen molar-refractivity contribution in [2.24, 2.45) is 0 Å². The Labute approximate surface area is 117 Å². The summed E-state index contributed by atoms with van der Waals surface area (Å²) in [6.07, 6.45) is 3.41. The Morgan fingerprint density at radius 2 is 2.30 bits per heavy atom. The summed E-state index contributed by atoms with van der Waals surface area (Å²) in [5, 5.41) is 13.7. The summed E-state index contributed by atoms with van der Waals surface area (Å²) in [6.45, 7) is 4.48. The van der Waals surface area contributed by atoms with Gasteiger partial charge in [-0.3, -0.25) is 4.79 Å². The predicted molar refractivity (Wildman–Crippen MR) is 73.6 cm³/mol. The lowest BCUT2D eigenvalue weighted by Crippen LogP contribution is -2.38. The van der Waals surface area contributed by atoms with E-state index in [9.17, 15) is 9.90 Å². The van der Waals surface area contributed by atoms with Crippen molar-refractivity contribution in [1.82, 2.24) is 19.5 Å². The number of rotatable bonds is 2. The van der Waals surface area contributed by atoms with Crippen LogP contribution in [0.1, 0.15) is 34.6 Å². The van der Waals surface area contributed by atoms with Gasteiger partial charge in [0.25, 0.3) is 5.91 Å². The van der Waals surface area contributed by atoms with Crippen molar-refractivity contribution in [3.05, 3.63) is 29.2 Å². The fourth-order valence-corrected chi connectivity index (χ4v) is 2.82. The molecule has 1 aliphatic rings. The van der Waals surface area contributed by atoms with Gasteiger partial charge in [0.15, 0.2) is 5.65 Å². The quantitative estimate of drug-likeness (QED) is 0.885. The molecule has 0 aliphatic carbocycles. The van der Waals surface area contributed by atoms with Crippen LogP contribution in [0.5, 0.6) is 0 Å². The average Bonchev–Trinajstić information content (AvgIpc) is 3.04. The number of carbonyl (C=O) groups excluding carboxylic acids is 1. The SMILES string of the molecule is Cc1cc2ncc(C(=O)N3CCC[C@H]3CO)c(C)n2n1. The number of aliphatic hydroxyl groups is 1. The van der Waals surface area contributed by atoms with Crippen LogP contribution in [0.25, 0.3) is 5.65 Å². The Morgan fingerprint density at radius 1 is 1.50 bits per heavy atom. The van der Waals surface area contributed by atoms with Gasteiger partial charge in [-0.2, -0.15) is 5.10 Å². The Balaban J connectivity index is 2.01. The highest BCUT2D eigenvalue weighted by Crippen LogP contribution is 2.21. The number of nitrogens with zero attached hydrogens (tertiary/aromatic N) is 4. The van der Waals surface area contributed by atoms with Gasteiger partial charge in [0.1, 0.15) is 0 Å². The van der Waals surface area contributed by atoms with E-state index >= 15 is 0 Å². The smallest absolute Gasteiger partial charge is 0.257 e. The van der Waals surface area contributed by atoms with Gasteiger partial charge in [-0.25, -0.2) is 9.50 Å². The minimum absolute atomic E-state index is 0.0152. The molecule has 0 unspecified atom stereocenters. The first kappa shape index (κ1) is 13.1. The van der Waals surface area contributed by atoms with E-state index in [0.717, 1.165) is 29.9 Å². The molecule has 3 rings (SSSR count). The molecule has 6 nitrogen and oxygen atoms in total. The number of aliphatic hydroxyl groups excluding tert-OH is 1. The maximum Gasteiger partial charge on any atom is 0.257 e. The number of hydrogen-bond acceptors (Lipinski definition) is 4. The highest BCUT2D eigenvalue weighted by molar-refractivity contribution is 5.95. The van der Waals surface area contributed by atoms with Crippen molar-refractivity contribution >= 4 is 11.6 Å². The average molecular weight is 274 g/mol. The lowest BCUT2D eigenvalue weighted by atomic mass is 10.2. The summed E-state index contributed by atoms with van der Waals surface area (Å²) in [7, 11) is 0. The molecule has 2 aromatic heterocycles. The van der Waals surface area contributed by atoms with E-state index in [-0.39, 0.29) is 18.6 Å². The Bertz CT molecular complexity index is 664. The molecule has 1 aliphatic heterocycles. The summed E-state index contributed by atoms with van der Waals surface area (Å²) in [4.78, 5) is 18.7. The largest absolute Gasteiger partial charge is 0.394 e. The summed E-state index contributed by atoms with van der Waals surface area (Å²) in [6, 6.07) is 1.81. The first-order chi connectivity index (χ1) is 9.61. The summed E-state index contributed by atoms with van der Waals surface area (Å²) in [5.41, 5.74) is 2.97. The van der Waals surface area contributed by atoms with Crippen molar-refractivity contribution < 1.29 is 9.90 Å². The van der Waals surface area contributed by atoms with Crippen LogP contribution in [0.2, 0.25) is 0 Å². The number of likely N-dealkylation sites (tertiary alicyclic amines) is 1. The van der Waals surface area contributed by atoms with Gasteiger partial charge in [0.05, 0.1) is 29.6 Å². The fourth-order valence-electron chi connectivity index (χ4n) is 2.82. The van der Waals surface area contributed by atoms with Crippen molar-refractivity contribution in [2.75, 3.05) is 13.2 Å². The molecule has 20 heavy (non-hydrogen) atoms. The molecule has 6 heteroatoms. The van der Waals surface area contributed by atoms with Gasteiger partial charge >= 0.3 is 0 Å². The second-order valence-electron chi connectivity index (χ2n) is 5.29. The lowest BCUT2D eigenvalue weighted by molar-refractivity contribution is 0.0675. The third-order valence-corrected chi connectivity index (χ3v) is 3.93. The van der Waals surface area contributed by atoms with E-state index in [4.69, 9.17) is 0 Å². The van der Waals surface area contributed by atoms with Gasteiger partial charge in [0.2, 0.25) is 0 Å². The molecule has 0 spiro atoms. The third kappa shape index (κ3) is 1.96. The molecule has 0 bridgehead atoms. The van der Waals surface area contributed by atoms with E-state index in [1.165, 1.54) is 0 Å². The molecule has 1 amide bonds. The maximum atomic E-state index is 12.6. The van der Waals surface area contributed by atoms with Crippen LogP contribution in [-0.2, 0) is 0 Å². The third-order valence-electron chi connectivity index (χ3n) is 3.93. The van der Waals surface area contributed by atoms with Gasteiger partial charge < -0.3 is 10.0 Å². The number of aryl methyl sites for hydroxylation is 2. The van der Waals surface area contributed by atoms with Crippen LogP contribution < -0.4 is 0 Å². The van der Waals surface area contributed by atoms with Crippen molar-refractivity contribution in [1.29, 1.82) is 0 Å². The van der Waals surface area contributed by atoms with Crippen LogP contribution in [0.15, 0.2) is 12.3 Å². The van der Waals surface area contributed by atoms with E-state index in [1.807, 2.05) is 19.9 Å². The predicted octanol–water partition coefficient (Wildman–Crippen LogP) is 0.943. The molecule has 0 aromatic carbocycles. The highest BCUT2D eigenvalue weighted by atomic mass is 16.3. The van der Waals surface area contributed by atoms with Crippen molar-refractivity contribution in [3.63, 3.8) is 0 Å². The normalized spacial score (nSPS) is 18.9. The number of carbonyl (C=O) groups is 1. The summed E-state index contributed by atoms with van der Waals surface area (Å²) in [5.74, 6) is -0.0680. The highest BCUT2D eigenvalue weighted by Gasteiger charge is 2.30. The zero-order valence-electron chi connectivity index (χ0n) is 11.7. The Morgan fingerprint density at radius 3 is 3.05 bits per heavy atom. The monoisotopic (exact) mass is 274 g/mol. The van der Waals surface area contributed by atoms with Gasteiger partial charge in [-0.1, -0.05) is 0 Å². The number of amides is 1. The molecule has 0 saturated carbocycles. The summed E-state index contributed by atoms with van der Waals surface area (Å²) < 4.78 is 1.70. The topological polar surface area (TPSA) is 70.7 Å². The van der Waals surface area contributed by atoms with Crippen LogP contribution >= 0.6 is 0 Å². The number of fused-ring (bicyclic) bond motifs is 1. The van der Waals surface area contributed by atoms with Crippen LogP contribution in [0, 0.1) is 13.8 Å². The molecular formula is C14H18N4O2. The van der Waals surface area contributed by atoms with E-state index in [0.29, 0.717) is 12.1 Å². The van der Waals surface area contributed by atoms with Crippen LogP contribution in [0.4, 0.5) is 0 Å². The van der Waals surface area contributed by atoms with E-state index in [1.54, 1.807) is 15.6 Å². The molecule has 3 heterocycles. The molecule has 1 atom stereocenters. The first-order valence-electron chi connectivity index (χ1n) is 6.85. The first-order valence-corrected chi connectivity index (χ1v) is 6.85. The van der Waals surface area contributed by atoms with Gasteiger partial charge in [-0.05, 0) is 26.7 Å². The molecular weight excluding hydrogens is 256 g/mol. The zero-order chi connectivity index (χ0) is 14.3. The van der Waals surface area contributed by atoms with Gasteiger partial charge in [0, 0.05) is 18.8 Å². The molecule has 1 N–H and O–H groups in total. The second kappa shape index (κ2) is 4.86. The van der Waals surface area contributed by atoms with Gasteiger partial charge in [-0.15, -0.1) is 0 Å². The minimum atomic E-state index is -0.0723. The number of aromatic nitrogens is 3. The standard InChI is InChI=1S/C14H18N4O2/c1-9-6-13-15-7-12(10(2)18(13)16-9)14(20)17-5-3-4-11(17)8-19/h6-7,11,19H,3-5,8H2,1-2H3/t11-/m0/s1. The van der Waals surface area contributed by atoms with Crippen molar-refractivity contribution in [2.45, 2.75) is 32.7 Å².